The normalized spacial score (nSPS) is 17.7. The molecule has 2 aromatic rings. The van der Waals surface area contributed by atoms with Gasteiger partial charge in [0.25, 0.3) is 0 Å². The van der Waals surface area contributed by atoms with Crippen LogP contribution in [0.3, 0.4) is 0 Å². The van der Waals surface area contributed by atoms with Gasteiger partial charge in [-0.2, -0.15) is 0 Å². The molecule has 21 heavy (non-hydrogen) atoms. The number of anilines is 2. The summed E-state index contributed by atoms with van der Waals surface area (Å²) >= 11 is 0. The predicted octanol–water partition coefficient (Wildman–Crippen LogP) is 3.83. The molecule has 2 N–H and O–H groups in total. The second kappa shape index (κ2) is 5.90. The number of rotatable bonds is 3. The van der Waals surface area contributed by atoms with Crippen LogP contribution in [0, 0.1) is 12.8 Å². The van der Waals surface area contributed by atoms with Gasteiger partial charge in [-0.15, -0.1) is 0 Å². The standard InChI is InChI=1S/C19H24N2/c1-14-7-8-19(17(11-14)9-10-20)21-13-15(2)12-16-5-3-4-6-18(16)21/h3-8,11,15H,9-10,12-13,20H2,1-2H3. The molecule has 0 fully saturated rings. The first-order valence-electron chi connectivity index (χ1n) is 7.84. The van der Waals surface area contributed by atoms with Gasteiger partial charge >= 0.3 is 0 Å². The molecule has 0 amide bonds. The average molecular weight is 280 g/mol. The largest absolute Gasteiger partial charge is 0.341 e. The van der Waals surface area contributed by atoms with Crippen molar-refractivity contribution in [3.05, 3.63) is 59.2 Å². The first-order chi connectivity index (χ1) is 10.2. The molecule has 1 aliphatic rings. The van der Waals surface area contributed by atoms with Crippen molar-refractivity contribution in [2.24, 2.45) is 11.7 Å². The molecular formula is C19H24N2. The number of hydrogen-bond acceptors (Lipinski definition) is 2. The van der Waals surface area contributed by atoms with E-state index in [1.165, 1.54) is 34.5 Å². The summed E-state index contributed by atoms with van der Waals surface area (Å²) in [5.41, 5.74) is 12.6. The highest BCUT2D eigenvalue weighted by Crippen LogP contribution is 2.37. The molecule has 1 atom stereocenters. The van der Waals surface area contributed by atoms with E-state index in [0.717, 1.165) is 13.0 Å². The topological polar surface area (TPSA) is 29.3 Å². The van der Waals surface area contributed by atoms with Gasteiger partial charge in [0.05, 0.1) is 0 Å². The van der Waals surface area contributed by atoms with Crippen molar-refractivity contribution in [3.63, 3.8) is 0 Å². The van der Waals surface area contributed by atoms with E-state index in [9.17, 15) is 0 Å². The minimum Gasteiger partial charge on any atom is -0.341 e. The molecule has 110 valence electrons. The number of nitrogens with two attached hydrogens (primary N) is 1. The molecular weight excluding hydrogens is 256 g/mol. The molecule has 1 aliphatic heterocycles. The number of hydrogen-bond donors (Lipinski definition) is 1. The Kier molecular flexibility index (Phi) is 3.98. The van der Waals surface area contributed by atoms with Crippen molar-refractivity contribution in [2.75, 3.05) is 18.0 Å². The van der Waals surface area contributed by atoms with E-state index in [1.54, 1.807) is 0 Å². The minimum atomic E-state index is 0.673. The number of benzene rings is 2. The van der Waals surface area contributed by atoms with Crippen LogP contribution < -0.4 is 10.6 Å². The van der Waals surface area contributed by atoms with E-state index in [-0.39, 0.29) is 0 Å². The minimum absolute atomic E-state index is 0.673. The molecule has 3 rings (SSSR count). The molecule has 2 nitrogen and oxygen atoms in total. The monoisotopic (exact) mass is 280 g/mol. The summed E-state index contributed by atoms with van der Waals surface area (Å²) in [6, 6.07) is 15.5. The Labute approximate surface area is 127 Å². The van der Waals surface area contributed by atoms with Gasteiger partial charge in [0.1, 0.15) is 0 Å². The first kappa shape index (κ1) is 14.2. The summed E-state index contributed by atoms with van der Waals surface area (Å²) < 4.78 is 0. The van der Waals surface area contributed by atoms with E-state index in [0.29, 0.717) is 12.5 Å². The van der Waals surface area contributed by atoms with Crippen molar-refractivity contribution in [3.8, 4) is 0 Å². The van der Waals surface area contributed by atoms with Gasteiger partial charge < -0.3 is 10.6 Å². The molecule has 0 aromatic heterocycles. The second-order valence-corrected chi connectivity index (χ2v) is 6.22. The van der Waals surface area contributed by atoms with Gasteiger partial charge in [0.15, 0.2) is 0 Å². The van der Waals surface area contributed by atoms with E-state index < -0.39 is 0 Å². The maximum Gasteiger partial charge on any atom is 0.0444 e. The molecule has 2 heteroatoms. The Bertz CT molecular complexity index is 633. The summed E-state index contributed by atoms with van der Waals surface area (Å²) in [6.45, 7) is 6.26. The molecule has 0 saturated carbocycles. The summed E-state index contributed by atoms with van der Waals surface area (Å²) in [7, 11) is 0. The Balaban J connectivity index is 2.08. The lowest BCUT2D eigenvalue weighted by atomic mass is 9.92. The SMILES string of the molecule is Cc1ccc(N2CC(C)Cc3ccccc32)c(CCN)c1. The second-order valence-electron chi connectivity index (χ2n) is 6.22. The van der Waals surface area contributed by atoms with Crippen LogP contribution in [0.5, 0.6) is 0 Å². The fourth-order valence-corrected chi connectivity index (χ4v) is 3.36. The highest BCUT2D eigenvalue weighted by molar-refractivity contribution is 5.70. The lowest BCUT2D eigenvalue weighted by Gasteiger charge is -2.36. The van der Waals surface area contributed by atoms with E-state index in [1.807, 2.05) is 0 Å². The van der Waals surface area contributed by atoms with Crippen LogP contribution >= 0.6 is 0 Å². The van der Waals surface area contributed by atoms with Crippen LogP contribution in [0.15, 0.2) is 42.5 Å². The van der Waals surface area contributed by atoms with Crippen LogP contribution in [0.2, 0.25) is 0 Å². The quantitative estimate of drug-likeness (QED) is 0.926. The molecule has 0 spiro atoms. The highest BCUT2D eigenvalue weighted by atomic mass is 15.1. The van der Waals surface area contributed by atoms with Gasteiger partial charge in [-0.25, -0.2) is 0 Å². The van der Waals surface area contributed by atoms with Gasteiger partial charge in [0.2, 0.25) is 0 Å². The Hall–Kier alpha value is -1.80. The zero-order chi connectivity index (χ0) is 14.8. The Morgan fingerprint density at radius 3 is 2.76 bits per heavy atom. The molecule has 2 aromatic carbocycles. The third-order valence-electron chi connectivity index (χ3n) is 4.28. The third kappa shape index (κ3) is 2.81. The third-order valence-corrected chi connectivity index (χ3v) is 4.28. The summed E-state index contributed by atoms with van der Waals surface area (Å²) in [5, 5.41) is 0. The van der Waals surface area contributed by atoms with Crippen molar-refractivity contribution in [2.45, 2.75) is 26.7 Å². The maximum atomic E-state index is 5.81. The van der Waals surface area contributed by atoms with Crippen molar-refractivity contribution in [1.82, 2.24) is 0 Å². The zero-order valence-corrected chi connectivity index (χ0v) is 13.0. The average Bonchev–Trinajstić information content (AvgIpc) is 2.47. The Morgan fingerprint density at radius 1 is 1.14 bits per heavy atom. The Morgan fingerprint density at radius 2 is 1.95 bits per heavy atom. The van der Waals surface area contributed by atoms with Crippen molar-refractivity contribution >= 4 is 11.4 Å². The van der Waals surface area contributed by atoms with Crippen LogP contribution in [-0.4, -0.2) is 13.1 Å². The zero-order valence-electron chi connectivity index (χ0n) is 13.0. The fraction of sp³-hybridized carbons (Fsp3) is 0.368. The summed E-state index contributed by atoms with van der Waals surface area (Å²) in [6.07, 6.45) is 2.11. The number of aryl methyl sites for hydroxylation is 1. The molecule has 0 bridgehead atoms. The number of nitrogens with zero attached hydrogens (tertiary/aromatic N) is 1. The summed E-state index contributed by atoms with van der Waals surface area (Å²) in [4.78, 5) is 2.48. The lowest BCUT2D eigenvalue weighted by molar-refractivity contribution is 0.561. The highest BCUT2D eigenvalue weighted by Gasteiger charge is 2.23. The number of para-hydroxylation sites is 1. The van der Waals surface area contributed by atoms with Crippen LogP contribution in [0.25, 0.3) is 0 Å². The van der Waals surface area contributed by atoms with Gasteiger partial charge in [-0.1, -0.05) is 42.8 Å². The van der Waals surface area contributed by atoms with Gasteiger partial charge in [0, 0.05) is 17.9 Å². The maximum absolute atomic E-state index is 5.81. The predicted molar refractivity (Wildman–Crippen MR) is 90.3 cm³/mol. The van der Waals surface area contributed by atoms with Crippen molar-refractivity contribution in [1.29, 1.82) is 0 Å². The molecule has 0 saturated heterocycles. The summed E-state index contributed by atoms with van der Waals surface area (Å²) in [5.74, 6) is 0.673. The van der Waals surface area contributed by atoms with E-state index in [2.05, 4.69) is 61.2 Å². The number of fused-ring (bicyclic) bond motifs is 1. The molecule has 0 radical (unpaired) electrons. The molecule has 1 heterocycles. The van der Waals surface area contributed by atoms with Gasteiger partial charge in [-0.05, 0) is 55.5 Å². The van der Waals surface area contributed by atoms with E-state index >= 15 is 0 Å². The van der Waals surface area contributed by atoms with Gasteiger partial charge in [-0.3, -0.25) is 0 Å². The molecule has 0 aliphatic carbocycles. The van der Waals surface area contributed by atoms with Crippen molar-refractivity contribution < 1.29 is 0 Å². The molecule has 1 unspecified atom stereocenters. The van der Waals surface area contributed by atoms with Crippen LogP contribution in [-0.2, 0) is 12.8 Å². The van der Waals surface area contributed by atoms with Crippen LogP contribution in [0.1, 0.15) is 23.6 Å². The lowest BCUT2D eigenvalue weighted by Crippen LogP contribution is -2.31. The van der Waals surface area contributed by atoms with Crippen LogP contribution in [0.4, 0.5) is 11.4 Å². The first-order valence-corrected chi connectivity index (χ1v) is 7.84. The van der Waals surface area contributed by atoms with E-state index in [4.69, 9.17) is 5.73 Å². The fourth-order valence-electron chi connectivity index (χ4n) is 3.36. The smallest absolute Gasteiger partial charge is 0.0444 e.